The van der Waals surface area contributed by atoms with E-state index in [1.54, 1.807) is 26.2 Å². The van der Waals surface area contributed by atoms with Crippen molar-refractivity contribution in [1.82, 2.24) is 10.6 Å². The van der Waals surface area contributed by atoms with Crippen LogP contribution in [0.15, 0.2) is 48.5 Å². The molecule has 0 saturated carbocycles. The summed E-state index contributed by atoms with van der Waals surface area (Å²) in [6.07, 6.45) is -5.16. The smallest absolute Gasteiger partial charge is 0.416 e. The molecule has 0 saturated heterocycles. The topological polar surface area (TPSA) is 76.7 Å². The van der Waals surface area contributed by atoms with Crippen LogP contribution in [0.4, 0.5) is 13.2 Å². The average molecular weight is 424 g/mol. The molecule has 2 amide bonds. The second kappa shape index (κ2) is 10.6. The van der Waals surface area contributed by atoms with Gasteiger partial charge in [-0.15, -0.1) is 0 Å². The predicted molar refractivity (Wildman–Crippen MR) is 104 cm³/mol. The molecule has 30 heavy (non-hydrogen) atoms. The van der Waals surface area contributed by atoms with E-state index >= 15 is 0 Å². The summed E-state index contributed by atoms with van der Waals surface area (Å²) in [7, 11) is 1.56. The molecule has 0 aliphatic carbocycles. The Hall–Kier alpha value is -3.07. The zero-order chi connectivity index (χ0) is 22.1. The van der Waals surface area contributed by atoms with Crippen LogP contribution in [0.25, 0.3) is 0 Å². The van der Waals surface area contributed by atoms with Crippen molar-refractivity contribution in [3.05, 3.63) is 65.2 Å². The van der Waals surface area contributed by atoms with E-state index in [-0.39, 0.29) is 31.2 Å². The van der Waals surface area contributed by atoms with Gasteiger partial charge in [0.15, 0.2) is 0 Å². The third-order valence-corrected chi connectivity index (χ3v) is 4.19. The molecule has 0 bridgehead atoms. The number of amides is 2. The van der Waals surface area contributed by atoms with E-state index in [9.17, 15) is 22.8 Å². The molecule has 1 atom stereocenters. The first-order chi connectivity index (χ1) is 14.2. The summed E-state index contributed by atoms with van der Waals surface area (Å²) >= 11 is 0. The van der Waals surface area contributed by atoms with Crippen LogP contribution >= 0.6 is 0 Å². The number of nitrogens with one attached hydrogen (secondary N) is 2. The van der Waals surface area contributed by atoms with Gasteiger partial charge in [-0.3, -0.25) is 9.59 Å². The zero-order valence-electron chi connectivity index (χ0n) is 16.6. The monoisotopic (exact) mass is 424 g/mol. The summed E-state index contributed by atoms with van der Waals surface area (Å²) in [4.78, 5) is 24.0. The van der Waals surface area contributed by atoms with Gasteiger partial charge in [0, 0.05) is 18.7 Å². The highest BCUT2D eigenvalue weighted by Gasteiger charge is 2.30. The van der Waals surface area contributed by atoms with Crippen LogP contribution in [0.3, 0.4) is 0 Å². The van der Waals surface area contributed by atoms with Gasteiger partial charge in [0.05, 0.1) is 19.3 Å². The van der Waals surface area contributed by atoms with Crippen molar-refractivity contribution in [3.63, 3.8) is 0 Å². The van der Waals surface area contributed by atoms with Crippen molar-refractivity contribution < 1.29 is 32.2 Å². The van der Waals surface area contributed by atoms with Crippen molar-refractivity contribution >= 4 is 11.8 Å². The number of alkyl halides is 3. The van der Waals surface area contributed by atoms with Gasteiger partial charge in [-0.1, -0.05) is 12.1 Å². The molecule has 0 aromatic heterocycles. The fourth-order valence-electron chi connectivity index (χ4n) is 2.48. The molecule has 9 heteroatoms. The van der Waals surface area contributed by atoms with E-state index in [0.717, 1.165) is 29.8 Å². The molecule has 0 aliphatic rings. The quantitative estimate of drug-likeness (QED) is 0.607. The van der Waals surface area contributed by atoms with Crippen molar-refractivity contribution in [2.24, 2.45) is 0 Å². The Balaban J connectivity index is 1.70. The molecule has 2 rings (SSSR count). The summed E-state index contributed by atoms with van der Waals surface area (Å²) < 4.78 is 48.3. The van der Waals surface area contributed by atoms with Crippen molar-refractivity contribution in [2.75, 3.05) is 20.2 Å². The summed E-state index contributed by atoms with van der Waals surface area (Å²) in [6, 6.07) is 11.2. The Labute approximate surface area is 172 Å². The van der Waals surface area contributed by atoms with Crippen LogP contribution in [0, 0.1) is 0 Å². The number of rotatable bonds is 9. The van der Waals surface area contributed by atoms with Crippen molar-refractivity contribution in [2.45, 2.75) is 25.8 Å². The average Bonchev–Trinajstić information content (AvgIpc) is 2.74. The lowest BCUT2D eigenvalue weighted by molar-refractivity contribution is -0.137. The normalized spacial score (nSPS) is 12.2. The lowest BCUT2D eigenvalue weighted by Crippen LogP contribution is -2.39. The number of halogens is 3. The molecular weight excluding hydrogens is 401 g/mol. The summed E-state index contributed by atoms with van der Waals surface area (Å²) in [5.74, 6) is -0.182. The fourth-order valence-corrected chi connectivity index (χ4v) is 2.48. The molecule has 6 nitrogen and oxygen atoms in total. The summed E-state index contributed by atoms with van der Waals surface area (Å²) in [5, 5.41) is 5.16. The highest BCUT2D eigenvalue weighted by molar-refractivity contribution is 5.94. The molecular formula is C21H23F3N2O4. The number of ether oxygens (including phenoxy) is 2. The first-order valence-electron chi connectivity index (χ1n) is 9.18. The van der Waals surface area contributed by atoms with Gasteiger partial charge in [-0.2, -0.15) is 13.2 Å². The Kier molecular flexibility index (Phi) is 8.23. The number of benzene rings is 2. The maximum atomic E-state index is 12.5. The van der Waals surface area contributed by atoms with Crippen molar-refractivity contribution in [1.29, 1.82) is 0 Å². The minimum absolute atomic E-state index is 0.101. The lowest BCUT2D eigenvalue weighted by Gasteiger charge is -2.14. The Morgan fingerprint density at radius 1 is 1.03 bits per heavy atom. The first kappa shape index (κ1) is 23.2. The van der Waals surface area contributed by atoms with Crippen LogP contribution in [0.5, 0.6) is 5.75 Å². The molecule has 1 unspecified atom stereocenters. The Morgan fingerprint density at radius 3 is 2.33 bits per heavy atom. The van der Waals surface area contributed by atoms with E-state index in [4.69, 9.17) is 9.47 Å². The molecule has 0 aliphatic heterocycles. The van der Waals surface area contributed by atoms with Gasteiger partial charge >= 0.3 is 6.18 Å². The molecule has 0 radical (unpaired) electrons. The van der Waals surface area contributed by atoms with E-state index in [1.165, 1.54) is 0 Å². The maximum absolute atomic E-state index is 12.5. The van der Waals surface area contributed by atoms with Crippen LogP contribution < -0.4 is 15.4 Å². The van der Waals surface area contributed by atoms with E-state index < -0.39 is 23.8 Å². The Bertz CT molecular complexity index is 854. The number of carbonyl (C=O) groups excluding carboxylic acids is 2. The third-order valence-electron chi connectivity index (χ3n) is 4.19. The van der Waals surface area contributed by atoms with Crippen molar-refractivity contribution in [3.8, 4) is 5.75 Å². The zero-order valence-corrected chi connectivity index (χ0v) is 16.6. The second-order valence-electron chi connectivity index (χ2n) is 6.43. The molecule has 0 heterocycles. The maximum Gasteiger partial charge on any atom is 0.416 e. The minimum Gasteiger partial charge on any atom is -0.497 e. The minimum atomic E-state index is -4.45. The van der Waals surface area contributed by atoms with Crippen LogP contribution in [0.1, 0.15) is 28.4 Å². The summed E-state index contributed by atoms with van der Waals surface area (Å²) in [6.45, 7) is 2.11. The predicted octanol–water partition coefficient (Wildman–Crippen LogP) is 3.17. The molecule has 2 N–H and O–H groups in total. The van der Waals surface area contributed by atoms with E-state index in [0.29, 0.717) is 5.75 Å². The number of methoxy groups -OCH3 is 1. The third kappa shape index (κ3) is 7.07. The Morgan fingerprint density at radius 2 is 1.70 bits per heavy atom. The van der Waals surface area contributed by atoms with E-state index in [2.05, 4.69) is 10.6 Å². The molecule has 162 valence electrons. The molecule has 2 aromatic rings. The SMILES string of the molecule is COc1cccc(COC(C)C(=O)NCCNC(=O)c2ccc(C(F)(F)F)cc2)c1. The second-order valence-corrected chi connectivity index (χ2v) is 6.43. The van der Waals surface area contributed by atoms with E-state index in [1.807, 2.05) is 12.1 Å². The van der Waals surface area contributed by atoms with Gasteiger partial charge in [-0.05, 0) is 48.9 Å². The molecule has 0 fully saturated rings. The number of carbonyl (C=O) groups is 2. The van der Waals surface area contributed by atoms with Gasteiger partial charge in [0.25, 0.3) is 5.91 Å². The largest absolute Gasteiger partial charge is 0.497 e. The molecule has 0 spiro atoms. The van der Waals surface area contributed by atoms with Gasteiger partial charge < -0.3 is 20.1 Å². The van der Waals surface area contributed by atoms with Gasteiger partial charge in [0.1, 0.15) is 11.9 Å². The first-order valence-corrected chi connectivity index (χ1v) is 9.18. The molecule has 2 aromatic carbocycles. The lowest BCUT2D eigenvalue weighted by atomic mass is 10.1. The van der Waals surface area contributed by atoms with Crippen LogP contribution in [-0.2, 0) is 22.3 Å². The van der Waals surface area contributed by atoms with Gasteiger partial charge in [0.2, 0.25) is 5.91 Å². The highest BCUT2D eigenvalue weighted by atomic mass is 19.4. The summed E-state index contributed by atoms with van der Waals surface area (Å²) in [5.41, 5.74) is 0.136. The van der Waals surface area contributed by atoms with Crippen LogP contribution in [0.2, 0.25) is 0 Å². The standard InChI is InChI=1S/C21H23F3N2O4/c1-14(30-13-15-4-3-5-18(12-15)29-2)19(27)25-10-11-26-20(28)16-6-8-17(9-7-16)21(22,23)24/h3-9,12,14H,10-11,13H2,1-2H3,(H,25,27)(H,26,28). The highest BCUT2D eigenvalue weighted by Crippen LogP contribution is 2.29. The fraction of sp³-hybridized carbons (Fsp3) is 0.333. The van der Waals surface area contributed by atoms with Crippen LogP contribution in [-0.4, -0.2) is 38.1 Å². The number of hydrogen-bond acceptors (Lipinski definition) is 4. The number of hydrogen-bond donors (Lipinski definition) is 2. The van der Waals surface area contributed by atoms with Gasteiger partial charge in [-0.25, -0.2) is 0 Å².